The van der Waals surface area contributed by atoms with Gasteiger partial charge in [-0.2, -0.15) is 0 Å². The molecular formula is C14H17Cl2NO4. The smallest absolute Gasteiger partial charge is 0.339 e. The van der Waals surface area contributed by atoms with Crippen LogP contribution in [0, 0.1) is 0 Å². The lowest BCUT2D eigenvalue weighted by atomic mass is 10.1. The second kappa shape index (κ2) is 6.54. The van der Waals surface area contributed by atoms with Crippen LogP contribution in [0.15, 0.2) is 12.1 Å². The van der Waals surface area contributed by atoms with Crippen LogP contribution in [0.2, 0.25) is 10.0 Å². The fourth-order valence-electron chi connectivity index (χ4n) is 1.54. The van der Waals surface area contributed by atoms with E-state index in [1.807, 2.05) is 20.8 Å². The van der Waals surface area contributed by atoms with E-state index in [0.717, 1.165) is 0 Å². The van der Waals surface area contributed by atoms with Crippen LogP contribution in [0.3, 0.4) is 0 Å². The Labute approximate surface area is 133 Å². The number of halogens is 2. The zero-order chi connectivity index (χ0) is 16.4. The molecule has 2 N–H and O–H groups in total. The first-order chi connectivity index (χ1) is 9.51. The van der Waals surface area contributed by atoms with E-state index in [1.165, 1.54) is 19.1 Å². The minimum Gasteiger partial charge on any atom is -0.478 e. The molecule has 0 bridgehead atoms. The van der Waals surface area contributed by atoms with Gasteiger partial charge in [-0.25, -0.2) is 4.79 Å². The standard InChI is InChI=1S/C14H17Cl2NO4/c1-7(12(18)17-14(2,3)4)21-11-9(13(19)20)5-8(15)6-10(11)16/h5-7H,1-4H3,(H,17,18)(H,19,20). The predicted molar refractivity (Wildman–Crippen MR) is 81.4 cm³/mol. The van der Waals surface area contributed by atoms with Crippen LogP contribution in [0.5, 0.6) is 5.75 Å². The van der Waals surface area contributed by atoms with Crippen molar-refractivity contribution in [3.63, 3.8) is 0 Å². The van der Waals surface area contributed by atoms with E-state index < -0.39 is 17.6 Å². The number of aromatic carboxylic acids is 1. The Morgan fingerprint density at radius 3 is 2.33 bits per heavy atom. The summed E-state index contributed by atoms with van der Waals surface area (Å²) in [4.78, 5) is 23.2. The first-order valence-corrected chi connectivity index (χ1v) is 6.98. The molecule has 1 rings (SSSR count). The highest BCUT2D eigenvalue weighted by molar-refractivity contribution is 6.36. The summed E-state index contributed by atoms with van der Waals surface area (Å²) >= 11 is 11.7. The second-order valence-corrected chi connectivity index (χ2v) is 6.41. The van der Waals surface area contributed by atoms with Crippen molar-refractivity contribution in [2.24, 2.45) is 0 Å². The lowest BCUT2D eigenvalue weighted by Crippen LogP contribution is -2.46. The van der Waals surface area contributed by atoms with Gasteiger partial charge in [0.15, 0.2) is 11.9 Å². The summed E-state index contributed by atoms with van der Waals surface area (Å²) in [6.07, 6.45) is -0.902. The lowest BCUT2D eigenvalue weighted by Gasteiger charge is -2.24. The Balaban J connectivity index is 3.02. The molecule has 1 aromatic rings. The van der Waals surface area contributed by atoms with Crippen molar-refractivity contribution in [2.45, 2.75) is 39.3 Å². The molecule has 7 heteroatoms. The Kier molecular flexibility index (Phi) is 5.48. The first kappa shape index (κ1) is 17.6. The normalized spacial score (nSPS) is 12.7. The molecule has 0 aromatic heterocycles. The van der Waals surface area contributed by atoms with E-state index in [9.17, 15) is 9.59 Å². The van der Waals surface area contributed by atoms with Gasteiger partial charge in [-0.15, -0.1) is 0 Å². The van der Waals surface area contributed by atoms with Crippen molar-refractivity contribution in [1.29, 1.82) is 0 Å². The largest absolute Gasteiger partial charge is 0.478 e. The number of benzene rings is 1. The van der Waals surface area contributed by atoms with Gasteiger partial charge in [-0.05, 0) is 39.8 Å². The summed E-state index contributed by atoms with van der Waals surface area (Å²) in [7, 11) is 0. The van der Waals surface area contributed by atoms with E-state index in [4.69, 9.17) is 33.0 Å². The number of carboxylic acid groups (broad SMARTS) is 1. The molecule has 5 nitrogen and oxygen atoms in total. The third kappa shape index (κ3) is 5.10. The van der Waals surface area contributed by atoms with E-state index in [-0.39, 0.29) is 27.3 Å². The van der Waals surface area contributed by atoms with Gasteiger partial charge in [-0.1, -0.05) is 23.2 Å². The van der Waals surface area contributed by atoms with Gasteiger partial charge >= 0.3 is 5.97 Å². The van der Waals surface area contributed by atoms with Crippen molar-refractivity contribution in [3.8, 4) is 5.75 Å². The number of amides is 1. The summed E-state index contributed by atoms with van der Waals surface area (Å²) in [6, 6.07) is 2.58. The van der Waals surface area contributed by atoms with E-state index in [1.54, 1.807) is 0 Å². The van der Waals surface area contributed by atoms with Crippen LogP contribution in [-0.4, -0.2) is 28.6 Å². The van der Waals surface area contributed by atoms with E-state index >= 15 is 0 Å². The number of carbonyl (C=O) groups is 2. The molecule has 116 valence electrons. The molecule has 1 aromatic carbocycles. The minimum atomic E-state index is -1.24. The fourth-order valence-corrected chi connectivity index (χ4v) is 2.08. The highest BCUT2D eigenvalue weighted by Gasteiger charge is 2.24. The Hall–Kier alpha value is -1.46. The molecule has 0 saturated carbocycles. The molecule has 0 spiro atoms. The average Bonchev–Trinajstić information content (AvgIpc) is 2.29. The zero-order valence-electron chi connectivity index (χ0n) is 12.2. The van der Waals surface area contributed by atoms with Crippen LogP contribution in [0.4, 0.5) is 0 Å². The minimum absolute atomic E-state index is 0.0373. The maximum Gasteiger partial charge on any atom is 0.339 e. The maximum absolute atomic E-state index is 12.0. The summed E-state index contributed by atoms with van der Waals surface area (Å²) < 4.78 is 5.42. The van der Waals surface area contributed by atoms with E-state index in [2.05, 4.69) is 5.32 Å². The molecule has 0 aliphatic heterocycles. The highest BCUT2D eigenvalue weighted by atomic mass is 35.5. The molecule has 1 amide bonds. The average molecular weight is 334 g/mol. The monoisotopic (exact) mass is 333 g/mol. The molecule has 0 aliphatic rings. The van der Waals surface area contributed by atoms with Crippen LogP contribution in [0.1, 0.15) is 38.1 Å². The first-order valence-electron chi connectivity index (χ1n) is 6.22. The van der Waals surface area contributed by atoms with Crippen LogP contribution in [-0.2, 0) is 4.79 Å². The van der Waals surface area contributed by atoms with Gasteiger partial charge in [0, 0.05) is 10.6 Å². The van der Waals surface area contributed by atoms with Crippen molar-refractivity contribution in [2.75, 3.05) is 0 Å². The topological polar surface area (TPSA) is 75.6 Å². The lowest BCUT2D eigenvalue weighted by molar-refractivity contribution is -0.128. The zero-order valence-corrected chi connectivity index (χ0v) is 13.7. The molecule has 0 heterocycles. The molecular weight excluding hydrogens is 317 g/mol. The number of carboxylic acids is 1. The summed E-state index contributed by atoms with van der Waals surface area (Å²) in [6.45, 7) is 7.00. The van der Waals surface area contributed by atoms with E-state index in [0.29, 0.717) is 0 Å². The SMILES string of the molecule is CC(Oc1c(Cl)cc(Cl)cc1C(=O)O)C(=O)NC(C)(C)C. The number of carbonyl (C=O) groups excluding carboxylic acids is 1. The number of rotatable bonds is 4. The number of hydrogen-bond donors (Lipinski definition) is 2. The highest BCUT2D eigenvalue weighted by Crippen LogP contribution is 2.33. The second-order valence-electron chi connectivity index (χ2n) is 5.57. The molecule has 0 fully saturated rings. The molecule has 1 atom stereocenters. The van der Waals surface area contributed by atoms with Gasteiger partial charge in [0.2, 0.25) is 0 Å². The molecule has 0 radical (unpaired) electrons. The Morgan fingerprint density at radius 1 is 1.29 bits per heavy atom. The molecule has 1 unspecified atom stereocenters. The Morgan fingerprint density at radius 2 is 1.86 bits per heavy atom. The third-order valence-corrected chi connectivity index (χ3v) is 2.90. The van der Waals surface area contributed by atoms with Crippen LogP contribution < -0.4 is 10.1 Å². The summed E-state index contributed by atoms with van der Waals surface area (Å²) in [5.74, 6) is -1.69. The molecule has 21 heavy (non-hydrogen) atoms. The quantitative estimate of drug-likeness (QED) is 0.885. The summed E-state index contributed by atoms with van der Waals surface area (Å²) in [5.41, 5.74) is -0.614. The van der Waals surface area contributed by atoms with Gasteiger partial charge in [-0.3, -0.25) is 4.79 Å². The number of ether oxygens (including phenoxy) is 1. The van der Waals surface area contributed by atoms with Gasteiger partial charge in [0.05, 0.1) is 5.02 Å². The Bertz CT molecular complexity index is 567. The number of hydrogen-bond acceptors (Lipinski definition) is 3. The van der Waals surface area contributed by atoms with Gasteiger partial charge < -0.3 is 15.2 Å². The number of nitrogens with one attached hydrogen (secondary N) is 1. The third-order valence-electron chi connectivity index (χ3n) is 2.40. The fraction of sp³-hybridized carbons (Fsp3) is 0.429. The predicted octanol–water partition coefficient (Wildman–Crippen LogP) is 3.37. The van der Waals surface area contributed by atoms with Crippen molar-refractivity contribution < 1.29 is 19.4 Å². The summed E-state index contributed by atoms with van der Waals surface area (Å²) in [5, 5.41) is 12.1. The van der Waals surface area contributed by atoms with Gasteiger partial charge in [0.25, 0.3) is 5.91 Å². The van der Waals surface area contributed by atoms with Crippen molar-refractivity contribution >= 4 is 35.1 Å². The van der Waals surface area contributed by atoms with Gasteiger partial charge in [0.1, 0.15) is 5.56 Å². The van der Waals surface area contributed by atoms with Crippen LogP contribution >= 0.6 is 23.2 Å². The van der Waals surface area contributed by atoms with Crippen molar-refractivity contribution in [3.05, 3.63) is 27.7 Å². The van der Waals surface area contributed by atoms with Crippen LogP contribution in [0.25, 0.3) is 0 Å². The van der Waals surface area contributed by atoms with Crippen molar-refractivity contribution in [1.82, 2.24) is 5.32 Å². The molecule has 0 aliphatic carbocycles. The maximum atomic E-state index is 12.0. The molecule has 0 saturated heterocycles.